The van der Waals surface area contributed by atoms with Crippen LogP contribution >= 0.6 is 0 Å². The van der Waals surface area contributed by atoms with Crippen LogP contribution in [0.5, 0.6) is 0 Å². The van der Waals surface area contributed by atoms with Crippen LogP contribution < -0.4 is 0 Å². The van der Waals surface area contributed by atoms with Crippen molar-refractivity contribution >= 4 is 11.9 Å². The topological polar surface area (TPSA) is 74.6 Å². The smallest absolute Gasteiger partial charge is 0.330 e. The number of carbonyl (C=O) groups is 2. The quantitative estimate of drug-likeness (QED) is 0.674. The lowest BCUT2D eigenvalue weighted by Crippen LogP contribution is -1.92. The van der Waals surface area contributed by atoms with Crippen LogP contribution in [0.15, 0.2) is 24.3 Å². The van der Waals surface area contributed by atoms with E-state index in [-0.39, 0.29) is 11.1 Å². The number of hydrogen-bond donors (Lipinski definition) is 2. The second-order valence-electron chi connectivity index (χ2n) is 2.17. The van der Waals surface area contributed by atoms with Gasteiger partial charge in [-0.2, -0.15) is 0 Å². The minimum absolute atomic E-state index is 0.176. The molecule has 0 fully saturated rings. The van der Waals surface area contributed by atoms with Gasteiger partial charge in [0.15, 0.2) is 0 Å². The van der Waals surface area contributed by atoms with Crippen LogP contribution in [0.3, 0.4) is 0 Å². The third-order valence-corrected chi connectivity index (χ3v) is 0.730. The van der Waals surface area contributed by atoms with Gasteiger partial charge in [0.05, 0.1) is 0 Å². The lowest BCUT2D eigenvalue weighted by atomic mass is 10.4. The molecule has 4 heteroatoms. The van der Waals surface area contributed by atoms with Crippen molar-refractivity contribution in [3.63, 3.8) is 0 Å². The summed E-state index contributed by atoms with van der Waals surface area (Å²) in [5.41, 5.74) is 0.352. The molecule has 4 nitrogen and oxygen atoms in total. The van der Waals surface area contributed by atoms with Crippen molar-refractivity contribution in [2.24, 2.45) is 0 Å². The summed E-state index contributed by atoms with van der Waals surface area (Å²) in [4.78, 5) is 19.2. The fraction of sp³-hybridized carbons (Fsp3) is 0.400. The summed E-state index contributed by atoms with van der Waals surface area (Å²) in [6, 6.07) is 0. The number of carboxylic acid groups (broad SMARTS) is 2. The van der Waals surface area contributed by atoms with Gasteiger partial charge in [0.2, 0.25) is 0 Å². The third-order valence-electron chi connectivity index (χ3n) is 0.730. The number of carboxylic acids is 2. The van der Waals surface area contributed by atoms with Crippen LogP contribution in [0.4, 0.5) is 0 Å². The first-order valence-corrected chi connectivity index (χ1v) is 4.06. The van der Waals surface area contributed by atoms with Crippen molar-refractivity contribution in [2.45, 2.75) is 27.7 Å². The van der Waals surface area contributed by atoms with Gasteiger partial charge in [-0.25, -0.2) is 9.59 Å². The van der Waals surface area contributed by atoms with E-state index in [0.29, 0.717) is 0 Å². The molecule has 0 aliphatic heterocycles. The maximum absolute atomic E-state index is 9.60. The summed E-state index contributed by atoms with van der Waals surface area (Å²) >= 11 is 0. The first-order valence-electron chi connectivity index (χ1n) is 4.06. The van der Waals surface area contributed by atoms with E-state index in [9.17, 15) is 9.59 Å². The van der Waals surface area contributed by atoms with E-state index in [1.165, 1.54) is 13.8 Å². The zero-order valence-electron chi connectivity index (χ0n) is 9.13. The third kappa shape index (κ3) is 22.4. The van der Waals surface area contributed by atoms with Crippen molar-refractivity contribution in [1.29, 1.82) is 0 Å². The van der Waals surface area contributed by atoms with E-state index in [2.05, 4.69) is 13.2 Å². The fourth-order valence-electron chi connectivity index (χ4n) is 0. The maximum atomic E-state index is 9.60. The second-order valence-corrected chi connectivity index (χ2v) is 2.17. The highest BCUT2D eigenvalue weighted by Crippen LogP contribution is 1.81. The van der Waals surface area contributed by atoms with E-state index >= 15 is 0 Å². The average Bonchev–Trinajstić information content (AvgIpc) is 2.08. The molecule has 0 aromatic carbocycles. The number of hydrogen-bond acceptors (Lipinski definition) is 2. The largest absolute Gasteiger partial charge is 0.478 e. The van der Waals surface area contributed by atoms with Gasteiger partial charge in [0.25, 0.3) is 0 Å². The molecule has 82 valence electrons. The Morgan fingerprint density at radius 2 is 0.929 bits per heavy atom. The molecule has 0 aliphatic carbocycles. The molecule has 0 atom stereocenters. The van der Waals surface area contributed by atoms with Crippen LogP contribution in [-0.2, 0) is 9.59 Å². The van der Waals surface area contributed by atoms with Crippen LogP contribution in [0.1, 0.15) is 27.7 Å². The Bertz CT molecular complexity index is 168. The van der Waals surface area contributed by atoms with E-state index in [4.69, 9.17) is 10.2 Å². The summed E-state index contributed by atoms with van der Waals surface area (Å²) in [5, 5.41) is 15.8. The molecule has 0 unspecified atom stereocenters. The fourth-order valence-corrected chi connectivity index (χ4v) is 0. The first-order chi connectivity index (χ1) is 6.29. The molecule has 0 aromatic heterocycles. The molecule has 0 radical (unpaired) electrons. The van der Waals surface area contributed by atoms with Crippen molar-refractivity contribution < 1.29 is 19.8 Å². The molecule has 0 rings (SSSR count). The SMILES string of the molecule is C=C(C)C(=O)O.C=C(C)C(=O)O.CC. The standard InChI is InChI=1S/2C4H6O2.C2H6/c2*1-3(2)4(5)6;1-2/h2*1H2,2H3,(H,5,6);1-2H3. The van der Waals surface area contributed by atoms with Crippen LogP contribution in [0.2, 0.25) is 0 Å². The van der Waals surface area contributed by atoms with E-state index in [0.717, 1.165) is 0 Å². The van der Waals surface area contributed by atoms with Crippen molar-refractivity contribution in [3.8, 4) is 0 Å². The van der Waals surface area contributed by atoms with Gasteiger partial charge in [-0.3, -0.25) is 0 Å². The highest BCUT2D eigenvalue weighted by Gasteiger charge is 1.90. The molecule has 0 spiro atoms. The van der Waals surface area contributed by atoms with Gasteiger partial charge >= 0.3 is 11.9 Å². The zero-order chi connectivity index (χ0) is 12.3. The van der Waals surface area contributed by atoms with Gasteiger partial charge in [-0.05, 0) is 13.8 Å². The molecule has 14 heavy (non-hydrogen) atoms. The lowest BCUT2D eigenvalue weighted by molar-refractivity contribution is -0.133. The molecule has 0 heterocycles. The minimum atomic E-state index is -0.935. The summed E-state index contributed by atoms with van der Waals surface area (Å²) < 4.78 is 0. The van der Waals surface area contributed by atoms with Gasteiger partial charge in [-0.1, -0.05) is 27.0 Å². The second kappa shape index (κ2) is 11.4. The molecule has 0 aromatic rings. The summed E-state index contributed by atoms with van der Waals surface area (Å²) in [7, 11) is 0. The van der Waals surface area contributed by atoms with E-state index in [1.54, 1.807) is 0 Å². The Morgan fingerprint density at radius 3 is 0.929 bits per heavy atom. The van der Waals surface area contributed by atoms with Gasteiger partial charge in [-0.15, -0.1) is 0 Å². The van der Waals surface area contributed by atoms with Crippen molar-refractivity contribution in [3.05, 3.63) is 24.3 Å². The molecule has 0 saturated heterocycles. The highest BCUT2D eigenvalue weighted by molar-refractivity contribution is 5.85. The van der Waals surface area contributed by atoms with E-state index in [1.807, 2.05) is 13.8 Å². The molecule has 2 N–H and O–H groups in total. The molecule has 0 aliphatic rings. The Morgan fingerprint density at radius 1 is 0.857 bits per heavy atom. The predicted molar refractivity (Wildman–Crippen MR) is 56.2 cm³/mol. The number of aliphatic carboxylic acids is 2. The normalized spacial score (nSPS) is 6.86. The lowest BCUT2D eigenvalue weighted by Gasteiger charge is -1.79. The molecule has 0 saturated carbocycles. The predicted octanol–water partition coefficient (Wildman–Crippen LogP) is 2.32. The Kier molecular flexibility index (Phi) is 14.9. The van der Waals surface area contributed by atoms with Gasteiger partial charge < -0.3 is 10.2 Å². The van der Waals surface area contributed by atoms with Crippen molar-refractivity contribution in [1.82, 2.24) is 0 Å². The minimum Gasteiger partial charge on any atom is -0.478 e. The monoisotopic (exact) mass is 202 g/mol. The van der Waals surface area contributed by atoms with E-state index < -0.39 is 11.9 Å². The molecular weight excluding hydrogens is 184 g/mol. The van der Waals surface area contributed by atoms with Gasteiger partial charge in [0.1, 0.15) is 0 Å². The number of rotatable bonds is 2. The average molecular weight is 202 g/mol. The molecular formula is C10H18O4. The summed E-state index contributed by atoms with van der Waals surface area (Å²) in [5.74, 6) is -1.87. The highest BCUT2D eigenvalue weighted by atomic mass is 16.4. The van der Waals surface area contributed by atoms with Crippen LogP contribution in [-0.4, -0.2) is 22.2 Å². The summed E-state index contributed by atoms with van der Waals surface area (Å²) in [6.07, 6.45) is 0. The zero-order valence-corrected chi connectivity index (χ0v) is 9.13. The Labute approximate surface area is 84.6 Å². The van der Waals surface area contributed by atoms with Crippen LogP contribution in [0.25, 0.3) is 0 Å². The molecule has 0 bridgehead atoms. The Balaban J connectivity index is -0.000000147. The molecule has 0 amide bonds. The van der Waals surface area contributed by atoms with Gasteiger partial charge in [0, 0.05) is 11.1 Å². The Hall–Kier alpha value is -1.58. The summed E-state index contributed by atoms with van der Waals surface area (Å²) in [6.45, 7) is 13.2. The maximum Gasteiger partial charge on any atom is 0.330 e. The first kappa shape index (κ1) is 18.3. The van der Waals surface area contributed by atoms with Crippen LogP contribution in [0, 0.1) is 0 Å². The van der Waals surface area contributed by atoms with Crippen molar-refractivity contribution in [2.75, 3.05) is 0 Å².